The number of rotatable bonds is 7. The quantitative estimate of drug-likeness (QED) is 0.801. The molecule has 0 heterocycles. The minimum absolute atomic E-state index is 0.0205. The number of hydrogen-bond acceptors (Lipinski definition) is 4. The van der Waals surface area contributed by atoms with Gasteiger partial charge in [0.25, 0.3) is 0 Å². The van der Waals surface area contributed by atoms with Crippen molar-refractivity contribution in [2.45, 2.75) is 44.2 Å². The van der Waals surface area contributed by atoms with Crippen LogP contribution in [0.1, 0.15) is 32.3 Å². The van der Waals surface area contributed by atoms with E-state index in [1.54, 1.807) is 18.2 Å². The van der Waals surface area contributed by atoms with E-state index >= 15 is 0 Å². The van der Waals surface area contributed by atoms with Gasteiger partial charge in [0.05, 0.1) is 11.5 Å². The Kier molecular flexibility index (Phi) is 4.67. The highest BCUT2D eigenvalue weighted by Crippen LogP contribution is 2.33. The lowest BCUT2D eigenvalue weighted by atomic mass is 10.2. The van der Waals surface area contributed by atoms with Crippen molar-refractivity contribution in [2.24, 2.45) is 11.7 Å². The summed E-state index contributed by atoms with van der Waals surface area (Å²) in [6, 6.07) is 4.80. The Morgan fingerprint density at radius 1 is 1.45 bits per heavy atom. The highest BCUT2D eigenvalue weighted by atomic mass is 32.2. The van der Waals surface area contributed by atoms with Crippen LogP contribution >= 0.6 is 0 Å². The minimum Gasteiger partial charge on any atom is -0.494 e. The monoisotopic (exact) mass is 298 g/mol. The lowest BCUT2D eigenvalue weighted by Gasteiger charge is -2.15. The maximum absolute atomic E-state index is 12.3. The molecule has 1 saturated carbocycles. The van der Waals surface area contributed by atoms with Crippen molar-refractivity contribution < 1.29 is 13.2 Å². The second kappa shape index (κ2) is 6.11. The van der Waals surface area contributed by atoms with Gasteiger partial charge in [-0.15, -0.1) is 0 Å². The summed E-state index contributed by atoms with van der Waals surface area (Å²) in [5, 5.41) is 0. The van der Waals surface area contributed by atoms with Crippen molar-refractivity contribution in [3.63, 3.8) is 0 Å². The summed E-state index contributed by atoms with van der Waals surface area (Å²) < 4.78 is 32.8. The van der Waals surface area contributed by atoms with E-state index in [1.807, 2.05) is 13.8 Å². The van der Waals surface area contributed by atoms with Crippen LogP contribution in [0, 0.1) is 5.92 Å². The van der Waals surface area contributed by atoms with Crippen LogP contribution in [0.3, 0.4) is 0 Å². The summed E-state index contributed by atoms with van der Waals surface area (Å²) in [4.78, 5) is 0.244. The lowest BCUT2D eigenvalue weighted by Crippen LogP contribution is -2.34. The van der Waals surface area contributed by atoms with Crippen LogP contribution in [0.2, 0.25) is 0 Å². The molecule has 1 unspecified atom stereocenters. The molecule has 1 aromatic rings. The number of hydrogen-bond donors (Lipinski definition) is 2. The zero-order valence-corrected chi connectivity index (χ0v) is 12.7. The van der Waals surface area contributed by atoms with Crippen LogP contribution < -0.4 is 15.2 Å². The van der Waals surface area contributed by atoms with E-state index in [9.17, 15) is 8.42 Å². The summed E-state index contributed by atoms with van der Waals surface area (Å²) in [5.41, 5.74) is 6.36. The van der Waals surface area contributed by atoms with Crippen molar-refractivity contribution in [3.8, 4) is 5.75 Å². The number of nitrogens with one attached hydrogen (secondary N) is 1. The third kappa shape index (κ3) is 3.50. The summed E-state index contributed by atoms with van der Waals surface area (Å²) in [6.07, 6.45) is 2.20. The molecule has 1 fully saturated rings. The molecule has 0 saturated heterocycles. The average Bonchev–Trinajstić information content (AvgIpc) is 3.23. The lowest BCUT2D eigenvalue weighted by molar-refractivity contribution is 0.336. The fraction of sp³-hybridized carbons (Fsp3) is 0.571. The van der Waals surface area contributed by atoms with E-state index in [0.29, 0.717) is 23.8 Å². The van der Waals surface area contributed by atoms with E-state index in [-0.39, 0.29) is 17.5 Å². The summed E-state index contributed by atoms with van der Waals surface area (Å²) in [5.74, 6) is 1.12. The van der Waals surface area contributed by atoms with Crippen molar-refractivity contribution in [1.82, 2.24) is 4.72 Å². The van der Waals surface area contributed by atoms with E-state index in [0.717, 1.165) is 12.8 Å². The Balaban J connectivity index is 2.22. The molecule has 0 aromatic heterocycles. The normalized spacial score (nSPS) is 16.9. The third-order valence-corrected chi connectivity index (χ3v) is 5.09. The molecule has 6 heteroatoms. The smallest absolute Gasteiger partial charge is 0.240 e. The predicted molar refractivity (Wildman–Crippen MR) is 78.0 cm³/mol. The van der Waals surface area contributed by atoms with Gasteiger partial charge in [0.1, 0.15) is 5.75 Å². The maximum Gasteiger partial charge on any atom is 0.240 e. The van der Waals surface area contributed by atoms with E-state index in [2.05, 4.69) is 4.72 Å². The molecule has 1 atom stereocenters. The Bertz CT molecular complexity index is 568. The zero-order chi connectivity index (χ0) is 14.8. The summed E-state index contributed by atoms with van der Waals surface area (Å²) in [6.45, 7) is 4.56. The van der Waals surface area contributed by atoms with Gasteiger partial charge in [0, 0.05) is 18.2 Å². The first-order valence-electron chi connectivity index (χ1n) is 6.96. The molecule has 3 N–H and O–H groups in total. The maximum atomic E-state index is 12.3. The van der Waals surface area contributed by atoms with E-state index in [4.69, 9.17) is 10.5 Å². The Hall–Kier alpha value is -1.11. The molecular weight excluding hydrogens is 276 g/mol. The van der Waals surface area contributed by atoms with Crippen LogP contribution in [0.25, 0.3) is 0 Å². The number of sulfonamides is 1. The van der Waals surface area contributed by atoms with E-state index < -0.39 is 10.0 Å². The second-order valence-electron chi connectivity index (χ2n) is 5.15. The number of ether oxygens (including phenoxy) is 1. The Morgan fingerprint density at radius 3 is 2.70 bits per heavy atom. The minimum atomic E-state index is -3.49. The van der Waals surface area contributed by atoms with E-state index in [1.165, 1.54) is 0 Å². The van der Waals surface area contributed by atoms with Gasteiger partial charge in [0.2, 0.25) is 10.0 Å². The molecule has 0 bridgehead atoms. The molecule has 5 nitrogen and oxygen atoms in total. The van der Waals surface area contributed by atoms with Gasteiger partial charge >= 0.3 is 0 Å². The topological polar surface area (TPSA) is 81.4 Å². The van der Waals surface area contributed by atoms with Gasteiger partial charge in [-0.2, -0.15) is 0 Å². The van der Waals surface area contributed by atoms with Gasteiger partial charge in [0.15, 0.2) is 0 Å². The molecule has 1 aliphatic carbocycles. The van der Waals surface area contributed by atoms with Gasteiger partial charge in [-0.1, -0.05) is 0 Å². The Morgan fingerprint density at radius 2 is 2.15 bits per heavy atom. The summed E-state index contributed by atoms with van der Waals surface area (Å²) in [7, 11) is -3.49. The van der Waals surface area contributed by atoms with Crippen molar-refractivity contribution in [2.75, 3.05) is 6.61 Å². The number of nitrogens with two attached hydrogens (primary N) is 1. The molecule has 0 aliphatic heterocycles. The molecule has 112 valence electrons. The number of benzene rings is 1. The fourth-order valence-corrected chi connectivity index (χ4v) is 3.55. The van der Waals surface area contributed by atoms with Gasteiger partial charge in [-0.05, 0) is 50.8 Å². The molecule has 20 heavy (non-hydrogen) atoms. The Labute approximate surface area is 120 Å². The molecule has 2 rings (SSSR count). The molecule has 0 amide bonds. The van der Waals surface area contributed by atoms with Crippen molar-refractivity contribution in [1.29, 1.82) is 0 Å². The molecule has 1 aromatic carbocycles. The van der Waals surface area contributed by atoms with Crippen molar-refractivity contribution >= 4 is 10.0 Å². The molecular formula is C14H22N2O3S. The van der Waals surface area contributed by atoms with Gasteiger partial charge in [-0.3, -0.25) is 0 Å². The average molecular weight is 298 g/mol. The van der Waals surface area contributed by atoms with Crippen LogP contribution in [-0.4, -0.2) is 21.1 Å². The fourth-order valence-electron chi connectivity index (χ4n) is 2.18. The summed E-state index contributed by atoms with van der Waals surface area (Å²) >= 11 is 0. The molecule has 0 spiro atoms. The third-order valence-electron chi connectivity index (χ3n) is 3.53. The van der Waals surface area contributed by atoms with Crippen LogP contribution in [0.15, 0.2) is 23.1 Å². The van der Waals surface area contributed by atoms with Gasteiger partial charge in [-0.25, -0.2) is 13.1 Å². The standard InChI is InChI=1S/C14H22N2O3S/c1-3-19-14-7-6-13(8-12(14)9-15)20(17,18)16-10(2)11-4-5-11/h6-8,10-11,16H,3-5,9,15H2,1-2H3. The first-order valence-corrected chi connectivity index (χ1v) is 8.44. The van der Waals surface area contributed by atoms with Crippen LogP contribution in [-0.2, 0) is 16.6 Å². The van der Waals surface area contributed by atoms with Crippen LogP contribution in [0.5, 0.6) is 5.75 Å². The van der Waals surface area contributed by atoms with Crippen LogP contribution in [0.4, 0.5) is 0 Å². The largest absolute Gasteiger partial charge is 0.494 e. The first kappa shape index (κ1) is 15.3. The predicted octanol–water partition coefficient (Wildman–Crippen LogP) is 1.62. The second-order valence-corrected chi connectivity index (χ2v) is 6.87. The van der Waals surface area contributed by atoms with Gasteiger partial charge < -0.3 is 10.5 Å². The SMILES string of the molecule is CCOc1ccc(S(=O)(=O)NC(C)C2CC2)cc1CN. The van der Waals surface area contributed by atoms with Crippen molar-refractivity contribution in [3.05, 3.63) is 23.8 Å². The highest BCUT2D eigenvalue weighted by Gasteiger charge is 2.31. The molecule has 1 aliphatic rings. The highest BCUT2D eigenvalue weighted by molar-refractivity contribution is 7.89. The zero-order valence-electron chi connectivity index (χ0n) is 11.9. The first-order chi connectivity index (χ1) is 9.47. The molecule has 0 radical (unpaired) electrons.